The van der Waals surface area contributed by atoms with Gasteiger partial charge < -0.3 is 53.4 Å². The van der Waals surface area contributed by atoms with Gasteiger partial charge in [-0.3, -0.25) is 33.6 Å². The van der Waals surface area contributed by atoms with Gasteiger partial charge in [0.25, 0.3) is 0 Å². The Hall–Kier alpha value is -4.77. The van der Waals surface area contributed by atoms with E-state index in [-0.39, 0.29) is 18.6 Å². The number of hydrogen-bond donors (Lipinski definition) is 10. The highest BCUT2D eigenvalue weighted by Gasteiger charge is 2.34. The number of carbonyl (C=O) groups excluding carboxylic acids is 5. The maximum atomic E-state index is 13.6. The van der Waals surface area contributed by atoms with Crippen molar-refractivity contribution in [3.05, 3.63) is 29.8 Å². The van der Waals surface area contributed by atoms with E-state index in [0.717, 1.165) is 0 Å². The zero-order chi connectivity index (χ0) is 35.8. The van der Waals surface area contributed by atoms with Gasteiger partial charge in [-0.25, -0.2) is 0 Å². The molecule has 12 N–H and O–H groups in total. The van der Waals surface area contributed by atoms with Crippen molar-refractivity contribution in [3.8, 4) is 5.75 Å². The second-order valence-corrected chi connectivity index (χ2v) is 11.5. The first-order chi connectivity index (χ1) is 22.0. The molecule has 5 amide bonds. The summed E-state index contributed by atoms with van der Waals surface area (Å²) < 4.78 is 0. The van der Waals surface area contributed by atoms with Crippen molar-refractivity contribution in [2.45, 2.75) is 96.1 Å². The summed E-state index contributed by atoms with van der Waals surface area (Å²) in [4.78, 5) is 88.0. The van der Waals surface area contributed by atoms with Gasteiger partial charge in [-0.05, 0) is 63.3 Å². The van der Waals surface area contributed by atoms with E-state index in [2.05, 4.69) is 26.6 Å². The summed E-state index contributed by atoms with van der Waals surface area (Å²) in [6.45, 7) is 6.10. The molecular formula is C30H47N7O10. The Balaban J connectivity index is 3.33. The maximum Gasteiger partial charge on any atom is 0.325 e. The molecule has 1 rings (SSSR count). The number of aromatic hydroxyl groups is 1. The minimum atomic E-state index is -1.56. The predicted molar refractivity (Wildman–Crippen MR) is 168 cm³/mol. The summed E-state index contributed by atoms with van der Waals surface area (Å²) in [6, 6.07) is -1.89. The number of carboxylic acid groups (broad SMARTS) is 2. The van der Waals surface area contributed by atoms with Crippen LogP contribution in [0.1, 0.15) is 58.9 Å². The number of unbranched alkanes of at least 4 members (excludes halogenated alkanes) is 1. The molecule has 0 unspecified atom stereocenters. The van der Waals surface area contributed by atoms with Crippen LogP contribution < -0.4 is 38.1 Å². The molecule has 0 heterocycles. The van der Waals surface area contributed by atoms with Crippen LogP contribution in [0.3, 0.4) is 0 Å². The van der Waals surface area contributed by atoms with Gasteiger partial charge in [0.2, 0.25) is 29.5 Å². The van der Waals surface area contributed by atoms with E-state index >= 15 is 0 Å². The molecule has 262 valence electrons. The molecule has 0 spiro atoms. The number of benzene rings is 1. The van der Waals surface area contributed by atoms with Crippen molar-refractivity contribution in [1.82, 2.24) is 26.6 Å². The summed E-state index contributed by atoms with van der Waals surface area (Å²) in [5.41, 5.74) is 11.6. The molecule has 0 aromatic heterocycles. The summed E-state index contributed by atoms with van der Waals surface area (Å²) in [5, 5.41) is 40.3. The Morgan fingerprint density at radius 3 is 1.74 bits per heavy atom. The van der Waals surface area contributed by atoms with E-state index in [0.29, 0.717) is 24.9 Å². The lowest BCUT2D eigenvalue weighted by Crippen LogP contribution is -2.60. The van der Waals surface area contributed by atoms with Gasteiger partial charge in [0.15, 0.2) is 0 Å². The number of carboxylic acids is 2. The normalized spacial score (nSPS) is 14.8. The molecule has 6 atom stereocenters. The molecule has 1 aromatic carbocycles. The summed E-state index contributed by atoms with van der Waals surface area (Å²) in [7, 11) is 0. The van der Waals surface area contributed by atoms with E-state index in [1.54, 1.807) is 13.8 Å². The number of carbonyl (C=O) groups is 7. The Bertz CT molecular complexity index is 1260. The number of hydrogen-bond acceptors (Lipinski definition) is 10. The van der Waals surface area contributed by atoms with Crippen molar-refractivity contribution >= 4 is 41.5 Å². The summed E-state index contributed by atoms with van der Waals surface area (Å²) in [5.74, 6) is -7.46. The SMILES string of the molecule is CC(C)[C@H](NC(=O)[C@H](CC(=O)O)NC(=O)[C@H](C)N)C(=O)N[C@@H](Cc1ccc(O)cc1)C(=O)N[C@@H](CCCCN)C(=O)N[C@@H](C)C(=O)O. The van der Waals surface area contributed by atoms with Crippen molar-refractivity contribution in [2.75, 3.05) is 6.54 Å². The molecule has 0 radical (unpaired) electrons. The molecule has 0 saturated heterocycles. The first kappa shape index (κ1) is 40.3. The van der Waals surface area contributed by atoms with Crippen molar-refractivity contribution < 1.29 is 48.9 Å². The molecule has 0 saturated carbocycles. The molecule has 0 aliphatic carbocycles. The van der Waals surface area contributed by atoms with E-state index in [1.807, 2.05) is 0 Å². The molecular weight excluding hydrogens is 618 g/mol. The number of nitrogens with two attached hydrogens (primary N) is 2. The van der Waals surface area contributed by atoms with Crippen LogP contribution in [0.4, 0.5) is 0 Å². The van der Waals surface area contributed by atoms with Crippen molar-refractivity contribution in [1.29, 1.82) is 0 Å². The molecule has 17 heteroatoms. The molecule has 47 heavy (non-hydrogen) atoms. The van der Waals surface area contributed by atoms with Crippen LogP contribution in [0.5, 0.6) is 5.75 Å². The number of rotatable bonds is 20. The van der Waals surface area contributed by atoms with Crippen LogP contribution in [-0.4, -0.2) is 99.6 Å². The Kier molecular flexibility index (Phi) is 16.9. The standard InChI is InChI=1S/C30H47N7O10/c1-15(2)24(37-28(44)22(14-23(39)40)35-25(41)16(3)32)29(45)36-21(13-18-8-10-19(38)11-9-18)27(43)34-20(7-5-6-12-31)26(42)33-17(4)30(46)47/h8-11,15-17,20-22,24,38H,5-7,12-14,31-32H2,1-4H3,(H,33,42)(H,34,43)(H,35,41)(H,36,45)(H,37,44)(H,39,40)(H,46,47)/t16-,17-,20-,21-,22-,24-/m0/s1. The van der Waals surface area contributed by atoms with E-state index in [9.17, 15) is 48.9 Å². The number of nitrogens with one attached hydrogen (secondary N) is 5. The van der Waals surface area contributed by atoms with Gasteiger partial charge in [-0.2, -0.15) is 0 Å². The number of phenolic OH excluding ortho intramolecular Hbond substituents is 1. The highest BCUT2D eigenvalue weighted by Crippen LogP contribution is 2.13. The van der Waals surface area contributed by atoms with Crippen LogP contribution >= 0.6 is 0 Å². The average Bonchev–Trinajstić information content (AvgIpc) is 2.98. The van der Waals surface area contributed by atoms with Crippen LogP contribution in [0.2, 0.25) is 0 Å². The minimum Gasteiger partial charge on any atom is -0.508 e. The number of aliphatic carboxylic acids is 2. The van der Waals surface area contributed by atoms with E-state index < -0.39 is 90.1 Å². The number of phenols is 1. The molecule has 0 aliphatic heterocycles. The molecule has 17 nitrogen and oxygen atoms in total. The first-order valence-electron chi connectivity index (χ1n) is 15.2. The van der Waals surface area contributed by atoms with Crippen LogP contribution in [0, 0.1) is 5.92 Å². The zero-order valence-corrected chi connectivity index (χ0v) is 26.9. The average molecular weight is 666 g/mol. The van der Waals surface area contributed by atoms with E-state index in [4.69, 9.17) is 11.5 Å². The Morgan fingerprint density at radius 1 is 0.702 bits per heavy atom. The van der Waals surface area contributed by atoms with Crippen LogP contribution in [-0.2, 0) is 40.0 Å². The third-order valence-electron chi connectivity index (χ3n) is 6.99. The topological polar surface area (TPSA) is 292 Å². The lowest BCUT2D eigenvalue weighted by molar-refractivity contribution is -0.142. The summed E-state index contributed by atoms with van der Waals surface area (Å²) >= 11 is 0. The van der Waals surface area contributed by atoms with Crippen LogP contribution in [0.15, 0.2) is 24.3 Å². The second kappa shape index (κ2) is 19.7. The first-order valence-corrected chi connectivity index (χ1v) is 15.2. The fraction of sp³-hybridized carbons (Fsp3) is 0.567. The molecule has 1 aromatic rings. The highest BCUT2D eigenvalue weighted by molar-refractivity contribution is 5.97. The van der Waals surface area contributed by atoms with E-state index in [1.165, 1.54) is 38.1 Å². The summed E-state index contributed by atoms with van der Waals surface area (Å²) in [6.07, 6.45) is 0.140. The monoisotopic (exact) mass is 665 g/mol. The van der Waals surface area contributed by atoms with Crippen molar-refractivity contribution in [2.24, 2.45) is 17.4 Å². The largest absolute Gasteiger partial charge is 0.508 e. The van der Waals surface area contributed by atoms with Gasteiger partial charge in [-0.15, -0.1) is 0 Å². The Labute approximate surface area is 272 Å². The molecule has 0 bridgehead atoms. The second-order valence-electron chi connectivity index (χ2n) is 11.5. The fourth-order valence-electron chi connectivity index (χ4n) is 4.22. The van der Waals surface area contributed by atoms with Gasteiger partial charge in [0.1, 0.15) is 36.0 Å². The lowest BCUT2D eigenvalue weighted by atomic mass is 9.99. The maximum absolute atomic E-state index is 13.6. The third-order valence-corrected chi connectivity index (χ3v) is 6.99. The van der Waals surface area contributed by atoms with Crippen LogP contribution in [0.25, 0.3) is 0 Å². The van der Waals surface area contributed by atoms with Gasteiger partial charge in [0.05, 0.1) is 12.5 Å². The molecule has 0 fully saturated rings. The smallest absolute Gasteiger partial charge is 0.325 e. The quantitative estimate of drug-likeness (QED) is 0.0682. The zero-order valence-electron chi connectivity index (χ0n) is 26.9. The Morgan fingerprint density at radius 2 is 1.23 bits per heavy atom. The number of amides is 5. The van der Waals surface area contributed by atoms with Gasteiger partial charge >= 0.3 is 11.9 Å². The minimum absolute atomic E-state index is 0.0439. The third kappa shape index (κ3) is 14.5. The lowest BCUT2D eigenvalue weighted by Gasteiger charge is -2.28. The predicted octanol–water partition coefficient (Wildman–Crippen LogP) is -1.93. The van der Waals surface area contributed by atoms with Gasteiger partial charge in [-0.1, -0.05) is 26.0 Å². The van der Waals surface area contributed by atoms with Crippen molar-refractivity contribution in [3.63, 3.8) is 0 Å². The molecule has 0 aliphatic rings. The van der Waals surface area contributed by atoms with Gasteiger partial charge in [0, 0.05) is 6.42 Å². The highest BCUT2D eigenvalue weighted by atomic mass is 16.4. The fourth-order valence-corrected chi connectivity index (χ4v) is 4.22.